The summed E-state index contributed by atoms with van der Waals surface area (Å²) in [5.41, 5.74) is 0. The standard InChI is InChI=1S/C14H20ClNO3/c1-3-6-11(17)9-16-14(18)10(2)19-13-8-5-4-7-12(13)15/h4-5,7-8,10-11,17H,3,6,9H2,1-2H3,(H,16,18). The van der Waals surface area contributed by atoms with Gasteiger partial charge in [0.25, 0.3) is 5.91 Å². The average Bonchev–Trinajstić information content (AvgIpc) is 2.39. The van der Waals surface area contributed by atoms with Crippen molar-refractivity contribution in [3.8, 4) is 5.75 Å². The zero-order valence-corrected chi connectivity index (χ0v) is 12.0. The summed E-state index contributed by atoms with van der Waals surface area (Å²) in [5, 5.41) is 12.7. The monoisotopic (exact) mass is 285 g/mol. The fourth-order valence-electron chi connectivity index (χ4n) is 1.58. The van der Waals surface area contributed by atoms with Crippen molar-refractivity contribution in [1.29, 1.82) is 0 Å². The fraction of sp³-hybridized carbons (Fsp3) is 0.500. The van der Waals surface area contributed by atoms with Gasteiger partial charge in [-0.2, -0.15) is 0 Å². The summed E-state index contributed by atoms with van der Waals surface area (Å²) >= 11 is 5.95. The van der Waals surface area contributed by atoms with E-state index in [1.807, 2.05) is 6.92 Å². The predicted molar refractivity (Wildman–Crippen MR) is 75.5 cm³/mol. The summed E-state index contributed by atoms with van der Waals surface area (Å²) in [7, 11) is 0. The van der Waals surface area contributed by atoms with Gasteiger partial charge in [0.2, 0.25) is 0 Å². The molecule has 1 aromatic rings. The number of aliphatic hydroxyl groups is 1. The summed E-state index contributed by atoms with van der Waals surface area (Å²) in [5.74, 6) is 0.205. The van der Waals surface area contributed by atoms with Crippen LogP contribution in [0.2, 0.25) is 5.02 Å². The molecule has 0 aliphatic carbocycles. The van der Waals surface area contributed by atoms with Crippen LogP contribution < -0.4 is 10.1 Å². The van der Waals surface area contributed by atoms with Crippen LogP contribution in [0.3, 0.4) is 0 Å². The summed E-state index contributed by atoms with van der Waals surface area (Å²) < 4.78 is 5.47. The van der Waals surface area contributed by atoms with Crippen LogP contribution in [-0.4, -0.2) is 29.8 Å². The maximum atomic E-state index is 11.8. The van der Waals surface area contributed by atoms with Gasteiger partial charge in [0.1, 0.15) is 5.75 Å². The first kappa shape index (κ1) is 15.8. The van der Waals surface area contributed by atoms with E-state index in [1.165, 1.54) is 0 Å². The van der Waals surface area contributed by atoms with Crippen molar-refractivity contribution in [2.45, 2.75) is 38.9 Å². The molecule has 2 N–H and O–H groups in total. The molecular formula is C14H20ClNO3. The van der Waals surface area contributed by atoms with Gasteiger partial charge in [-0.05, 0) is 25.5 Å². The topological polar surface area (TPSA) is 58.6 Å². The van der Waals surface area contributed by atoms with E-state index >= 15 is 0 Å². The Kier molecular flexibility index (Phi) is 6.67. The van der Waals surface area contributed by atoms with E-state index in [0.29, 0.717) is 17.2 Å². The molecule has 0 aromatic heterocycles. The van der Waals surface area contributed by atoms with Crippen molar-refractivity contribution in [2.24, 2.45) is 0 Å². The van der Waals surface area contributed by atoms with E-state index < -0.39 is 12.2 Å². The minimum absolute atomic E-state index is 0.239. The highest BCUT2D eigenvalue weighted by atomic mass is 35.5. The molecule has 2 atom stereocenters. The summed E-state index contributed by atoms with van der Waals surface area (Å²) in [4.78, 5) is 11.8. The lowest BCUT2D eigenvalue weighted by molar-refractivity contribution is -0.127. The fourth-order valence-corrected chi connectivity index (χ4v) is 1.76. The number of nitrogens with one attached hydrogen (secondary N) is 1. The highest BCUT2D eigenvalue weighted by Gasteiger charge is 2.16. The highest BCUT2D eigenvalue weighted by Crippen LogP contribution is 2.24. The maximum Gasteiger partial charge on any atom is 0.260 e. The van der Waals surface area contributed by atoms with Crippen LogP contribution >= 0.6 is 11.6 Å². The van der Waals surface area contributed by atoms with Crippen molar-refractivity contribution >= 4 is 17.5 Å². The SMILES string of the molecule is CCCC(O)CNC(=O)C(C)Oc1ccccc1Cl. The van der Waals surface area contributed by atoms with Crippen molar-refractivity contribution in [3.05, 3.63) is 29.3 Å². The van der Waals surface area contributed by atoms with Crippen LogP contribution in [-0.2, 0) is 4.79 Å². The lowest BCUT2D eigenvalue weighted by Gasteiger charge is -2.17. The highest BCUT2D eigenvalue weighted by molar-refractivity contribution is 6.32. The molecule has 5 heteroatoms. The van der Waals surface area contributed by atoms with Crippen molar-refractivity contribution in [1.82, 2.24) is 5.32 Å². The largest absolute Gasteiger partial charge is 0.479 e. The van der Waals surface area contributed by atoms with Crippen molar-refractivity contribution in [2.75, 3.05) is 6.54 Å². The van der Waals surface area contributed by atoms with Gasteiger partial charge in [0.15, 0.2) is 6.10 Å². The van der Waals surface area contributed by atoms with Crippen molar-refractivity contribution < 1.29 is 14.6 Å². The summed E-state index contributed by atoms with van der Waals surface area (Å²) in [6.07, 6.45) is 0.373. The third kappa shape index (κ3) is 5.49. The lowest BCUT2D eigenvalue weighted by atomic mass is 10.2. The molecule has 0 fully saturated rings. The molecule has 1 amide bonds. The zero-order chi connectivity index (χ0) is 14.3. The molecule has 0 saturated carbocycles. The first-order valence-corrected chi connectivity index (χ1v) is 6.79. The number of hydrogen-bond donors (Lipinski definition) is 2. The number of hydrogen-bond acceptors (Lipinski definition) is 3. The number of ether oxygens (including phenoxy) is 1. The Bertz CT molecular complexity index is 411. The van der Waals surface area contributed by atoms with Gasteiger partial charge in [0, 0.05) is 6.54 Å². The molecule has 1 aromatic carbocycles. The zero-order valence-electron chi connectivity index (χ0n) is 11.2. The first-order chi connectivity index (χ1) is 9.04. The molecule has 2 unspecified atom stereocenters. The predicted octanol–water partition coefficient (Wildman–Crippen LogP) is 2.38. The van der Waals surface area contributed by atoms with Crippen LogP contribution in [0, 0.1) is 0 Å². The molecule has 1 rings (SSSR count). The minimum atomic E-state index is -0.659. The van der Waals surface area contributed by atoms with Gasteiger partial charge in [-0.1, -0.05) is 37.1 Å². The number of carbonyl (C=O) groups is 1. The van der Waals surface area contributed by atoms with Gasteiger partial charge < -0.3 is 15.2 Å². The molecule has 0 radical (unpaired) electrons. The Morgan fingerprint density at radius 1 is 1.47 bits per heavy atom. The third-order valence-corrected chi connectivity index (χ3v) is 2.96. The maximum absolute atomic E-state index is 11.8. The molecule has 106 valence electrons. The van der Waals surface area contributed by atoms with Crippen molar-refractivity contribution in [3.63, 3.8) is 0 Å². The number of amides is 1. The Morgan fingerprint density at radius 2 is 2.16 bits per heavy atom. The van der Waals surface area contributed by atoms with Crippen LogP contribution in [0.25, 0.3) is 0 Å². The second-order valence-corrected chi connectivity index (χ2v) is 4.79. The Labute approximate surface area is 118 Å². The normalized spacial score (nSPS) is 13.7. The second-order valence-electron chi connectivity index (χ2n) is 4.38. The van der Waals surface area contributed by atoms with Gasteiger partial charge in [-0.3, -0.25) is 4.79 Å². The number of para-hydroxylation sites is 1. The van der Waals surface area contributed by atoms with Crippen LogP contribution in [0.5, 0.6) is 5.75 Å². The van der Waals surface area contributed by atoms with E-state index in [4.69, 9.17) is 16.3 Å². The van der Waals surface area contributed by atoms with E-state index in [2.05, 4.69) is 5.32 Å². The molecule has 4 nitrogen and oxygen atoms in total. The Hall–Kier alpha value is -1.26. The van der Waals surface area contributed by atoms with Gasteiger partial charge in [-0.15, -0.1) is 0 Å². The summed E-state index contributed by atoms with van der Waals surface area (Å²) in [6.45, 7) is 3.86. The molecule has 19 heavy (non-hydrogen) atoms. The lowest BCUT2D eigenvalue weighted by Crippen LogP contribution is -2.40. The minimum Gasteiger partial charge on any atom is -0.479 e. The Balaban J connectivity index is 2.43. The van der Waals surface area contributed by atoms with Gasteiger partial charge >= 0.3 is 0 Å². The number of benzene rings is 1. The van der Waals surface area contributed by atoms with E-state index in [1.54, 1.807) is 31.2 Å². The average molecular weight is 286 g/mol. The smallest absolute Gasteiger partial charge is 0.260 e. The quantitative estimate of drug-likeness (QED) is 0.809. The van der Waals surface area contributed by atoms with Crippen LogP contribution in [0.15, 0.2) is 24.3 Å². The molecule has 0 spiro atoms. The van der Waals surface area contributed by atoms with Crippen LogP contribution in [0.4, 0.5) is 0 Å². The van der Waals surface area contributed by atoms with E-state index in [9.17, 15) is 9.90 Å². The number of rotatable bonds is 7. The number of halogens is 1. The van der Waals surface area contributed by atoms with Gasteiger partial charge in [-0.25, -0.2) is 0 Å². The third-order valence-electron chi connectivity index (χ3n) is 2.64. The van der Waals surface area contributed by atoms with Crippen LogP contribution in [0.1, 0.15) is 26.7 Å². The Morgan fingerprint density at radius 3 is 2.79 bits per heavy atom. The second kappa shape index (κ2) is 8.02. The van der Waals surface area contributed by atoms with E-state index in [-0.39, 0.29) is 12.5 Å². The molecular weight excluding hydrogens is 266 g/mol. The first-order valence-electron chi connectivity index (χ1n) is 6.41. The molecule has 0 saturated heterocycles. The molecule has 0 aliphatic rings. The van der Waals surface area contributed by atoms with Gasteiger partial charge in [0.05, 0.1) is 11.1 Å². The summed E-state index contributed by atoms with van der Waals surface area (Å²) in [6, 6.07) is 6.99. The molecule has 0 heterocycles. The molecule has 0 aliphatic heterocycles. The number of carbonyl (C=O) groups excluding carboxylic acids is 1. The molecule has 0 bridgehead atoms. The number of aliphatic hydroxyl groups excluding tert-OH is 1. The van der Waals surface area contributed by atoms with E-state index in [0.717, 1.165) is 6.42 Å².